The van der Waals surface area contributed by atoms with Gasteiger partial charge < -0.3 is 30.0 Å². The number of hydrogen-bond acceptors (Lipinski definition) is 8. The molecule has 35 heavy (non-hydrogen) atoms. The fraction of sp³-hybridized carbons (Fsp3) is 0.375. The molecule has 0 fully saturated rings. The number of methoxy groups -OCH3 is 4. The van der Waals surface area contributed by atoms with Crippen LogP contribution in [0.2, 0.25) is 0 Å². The zero-order valence-corrected chi connectivity index (χ0v) is 21.5. The number of benzene rings is 2. The average molecular weight is 506 g/mol. The molecule has 0 radical (unpaired) electrons. The predicted octanol–water partition coefficient (Wildman–Crippen LogP) is 3.91. The highest BCUT2D eigenvalue weighted by Crippen LogP contribution is 2.42. The van der Waals surface area contributed by atoms with E-state index in [0.29, 0.717) is 51.2 Å². The normalized spacial score (nSPS) is 12.2. The summed E-state index contributed by atoms with van der Waals surface area (Å²) in [6.45, 7) is 3.94. The van der Waals surface area contributed by atoms with Crippen molar-refractivity contribution in [2.45, 2.75) is 26.3 Å². The third kappa shape index (κ3) is 5.77. The molecule has 0 saturated carbocycles. The highest BCUT2D eigenvalue weighted by Gasteiger charge is 2.23. The smallest absolute Gasteiger partial charge is 0.241 e. The van der Waals surface area contributed by atoms with Crippen LogP contribution in [0, 0.1) is 5.92 Å². The maximum Gasteiger partial charge on any atom is 0.241 e. The Balaban J connectivity index is 0.00000432. The molecule has 3 aromatic rings. The molecule has 0 bridgehead atoms. The average Bonchev–Trinajstić information content (AvgIpc) is 3.36. The standard InChI is InChI=1S/C24H31N5O5.ClH/c1-7-13(2)20(25)24(30)26-16-10-14(8-9-17(16)31-3)21-22(28-29-27-21)15-11-18(32-4)23(34-6)19(12-15)33-5;/h8-13,20H,7,25H2,1-6H3,(H,26,30)(H,27,28,29);1H. The zero-order valence-electron chi connectivity index (χ0n) is 20.7. The molecule has 2 unspecified atom stereocenters. The summed E-state index contributed by atoms with van der Waals surface area (Å²) in [5.74, 6) is 1.73. The van der Waals surface area contributed by atoms with E-state index in [4.69, 9.17) is 24.7 Å². The number of hydrogen-bond donors (Lipinski definition) is 3. The van der Waals surface area contributed by atoms with E-state index in [0.717, 1.165) is 6.42 Å². The molecule has 0 saturated heterocycles. The number of halogens is 1. The van der Waals surface area contributed by atoms with Crippen molar-refractivity contribution in [3.63, 3.8) is 0 Å². The number of aromatic amines is 1. The maximum absolute atomic E-state index is 12.7. The molecule has 1 aromatic heterocycles. The number of carbonyl (C=O) groups is 1. The van der Waals surface area contributed by atoms with Crippen molar-refractivity contribution >= 4 is 24.0 Å². The zero-order chi connectivity index (χ0) is 24.8. The fourth-order valence-electron chi connectivity index (χ4n) is 3.53. The monoisotopic (exact) mass is 505 g/mol. The lowest BCUT2D eigenvalue weighted by molar-refractivity contribution is -0.118. The second kappa shape index (κ2) is 12.3. The SMILES string of the molecule is CCC(C)C(N)C(=O)Nc1cc(-c2n[nH]nc2-c2cc(OC)c(OC)c(OC)c2)ccc1OC.Cl. The van der Waals surface area contributed by atoms with Crippen molar-refractivity contribution < 1.29 is 23.7 Å². The van der Waals surface area contributed by atoms with Crippen molar-refractivity contribution in [2.75, 3.05) is 33.8 Å². The van der Waals surface area contributed by atoms with Crippen LogP contribution in [0.5, 0.6) is 23.0 Å². The summed E-state index contributed by atoms with van der Waals surface area (Å²) in [5.41, 5.74) is 9.15. The largest absolute Gasteiger partial charge is 0.495 e. The second-order valence-electron chi connectivity index (χ2n) is 7.75. The number of nitrogens with two attached hydrogens (primary N) is 1. The molecule has 1 heterocycles. The molecule has 0 aliphatic heterocycles. The molecule has 10 nitrogen and oxygen atoms in total. The lowest BCUT2D eigenvalue weighted by atomic mass is 9.99. The molecular formula is C24H32ClN5O5. The number of carbonyl (C=O) groups excluding carboxylic acids is 1. The predicted molar refractivity (Wildman–Crippen MR) is 137 cm³/mol. The van der Waals surface area contributed by atoms with Crippen LogP contribution in [0.25, 0.3) is 22.5 Å². The highest BCUT2D eigenvalue weighted by molar-refractivity contribution is 5.97. The summed E-state index contributed by atoms with van der Waals surface area (Å²) in [6, 6.07) is 8.32. The number of ether oxygens (including phenoxy) is 4. The number of H-pyrrole nitrogens is 1. The van der Waals surface area contributed by atoms with Gasteiger partial charge in [-0.3, -0.25) is 4.79 Å². The van der Waals surface area contributed by atoms with E-state index in [1.54, 1.807) is 45.6 Å². The van der Waals surface area contributed by atoms with Crippen LogP contribution >= 0.6 is 12.4 Å². The van der Waals surface area contributed by atoms with E-state index in [-0.39, 0.29) is 24.2 Å². The van der Waals surface area contributed by atoms with Gasteiger partial charge in [0.15, 0.2) is 11.5 Å². The van der Waals surface area contributed by atoms with Gasteiger partial charge >= 0.3 is 0 Å². The van der Waals surface area contributed by atoms with Crippen LogP contribution in [0.15, 0.2) is 30.3 Å². The van der Waals surface area contributed by atoms with Crippen molar-refractivity contribution in [1.29, 1.82) is 0 Å². The summed E-state index contributed by atoms with van der Waals surface area (Å²) in [5, 5.41) is 14.2. The van der Waals surface area contributed by atoms with Crippen molar-refractivity contribution in [1.82, 2.24) is 15.4 Å². The minimum Gasteiger partial charge on any atom is -0.495 e. The molecule has 0 aliphatic carbocycles. The minimum absolute atomic E-state index is 0. The van der Waals surface area contributed by atoms with Crippen LogP contribution in [-0.2, 0) is 4.79 Å². The summed E-state index contributed by atoms with van der Waals surface area (Å²) in [7, 11) is 6.18. The molecule has 0 spiro atoms. The lowest BCUT2D eigenvalue weighted by Gasteiger charge is -2.19. The summed E-state index contributed by atoms with van der Waals surface area (Å²) >= 11 is 0. The number of amides is 1. The lowest BCUT2D eigenvalue weighted by Crippen LogP contribution is -2.40. The van der Waals surface area contributed by atoms with Gasteiger partial charge in [0.05, 0.1) is 40.2 Å². The van der Waals surface area contributed by atoms with Gasteiger partial charge in [0, 0.05) is 11.1 Å². The Morgan fingerprint density at radius 2 is 1.51 bits per heavy atom. The summed E-state index contributed by atoms with van der Waals surface area (Å²) in [6.07, 6.45) is 0.794. The Bertz CT molecular complexity index is 1130. The summed E-state index contributed by atoms with van der Waals surface area (Å²) < 4.78 is 21.8. The van der Waals surface area contributed by atoms with Crippen molar-refractivity contribution in [3.8, 4) is 45.5 Å². The van der Waals surface area contributed by atoms with Crippen LogP contribution in [0.1, 0.15) is 20.3 Å². The van der Waals surface area contributed by atoms with E-state index in [2.05, 4.69) is 20.7 Å². The topological polar surface area (TPSA) is 134 Å². The third-order valence-electron chi connectivity index (χ3n) is 5.78. The van der Waals surface area contributed by atoms with E-state index in [9.17, 15) is 4.79 Å². The Kier molecular flexibility index (Phi) is 9.73. The molecule has 11 heteroatoms. The summed E-state index contributed by atoms with van der Waals surface area (Å²) in [4.78, 5) is 12.7. The van der Waals surface area contributed by atoms with Crippen molar-refractivity contribution in [3.05, 3.63) is 30.3 Å². The quantitative estimate of drug-likeness (QED) is 0.377. The van der Waals surface area contributed by atoms with E-state index in [1.807, 2.05) is 19.9 Å². The van der Waals surface area contributed by atoms with Crippen LogP contribution in [0.3, 0.4) is 0 Å². The number of anilines is 1. The van der Waals surface area contributed by atoms with Gasteiger partial charge in [-0.25, -0.2) is 0 Å². The Labute approximate surface area is 210 Å². The van der Waals surface area contributed by atoms with Crippen molar-refractivity contribution in [2.24, 2.45) is 11.7 Å². The molecule has 1 amide bonds. The highest BCUT2D eigenvalue weighted by atomic mass is 35.5. The van der Waals surface area contributed by atoms with E-state index < -0.39 is 6.04 Å². The molecule has 190 valence electrons. The van der Waals surface area contributed by atoms with Crippen LogP contribution in [-0.4, -0.2) is 55.8 Å². The number of aromatic nitrogens is 3. The van der Waals surface area contributed by atoms with Crippen LogP contribution < -0.4 is 30.0 Å². The third-order valence-corrected chi connectivity index (χ3v) is 5.78. The first-order chi connectivity index (χ1) is 16.4. The van der Waals surface area contributed by atoms with Gasteiger partial charge in [-0.1, -0.05) is 20.3 Å². The molecule has 4 N–H and O–H groups in total. The minimum atomic E-state index is -0.639. The van der Waals surface area contributed by atoms with Gasteiger partial charge in [-0.2, -0.15) is 15.4 Å². The van der Waals surface area contributed by atoms with Gasteiger partial charge in [-0.05, 0) is 36.2 Å². The van der Waals surface area contributed by atoms with Crippen LogP contribution in [0.4, 0.5) is 5.69 Å². The molecule has 0 aliphatic rings. The maximum atomic E-state index is 12.7. The number of nitrogens with one attached hydrogen (secondary N) is 2. The molecule has 3 rings (SSSR count). The number of rotatable bonds is 10. The Morgan fingerprint density at radius 3 is 2.03 bits per heavy atom. The molecular weight excluding hydrogens is 474 g/mol. The second-order valence-corrected chi connectivity index (χ2v) is 7.75. The van der Waals surface area contributed by atoms with Gasteiger partial charge in [0.25, 0.3) is 0 Å². The molecule has 2 atom stereocenters. The first-order valence-electron chi connectivity index (χ1n) is 10.8. The van der Waals surface area contributed by atoms with E-state index >= 15 is 0 Å². The Hall–Kier alpha value is -3.50. The van der Waals surface area contributed by atoms with Gasteiger partial charge in [-0.15, -0.1) is 12.4 Å². The first kappa shape index (κ1) is 27.7. The molecule has 2 aromatic carbocycles. The van der Waals surface area contributed by atoms with Gasteiger partial charge in [0.1, 0.15) is 17.1 Å². The van der Waals surface area contributed by atoms with E-state index in [1.165, 1.54) is 7.11 Å². The Morgan fingerprint density at radius 1 is 0.943 bits per heavy atom. The first-order valence-corrected chi connectivity index (χ1v) is 10.8. The fourth-order valence-corrected chi connectivity index (χ4v) is 3.53. The number of nitrogens with zero attached hydrogens (tertiary/aromatic N) is 2. The van der Waals surface area contributed by atoms with Gasteiger partial charge in [0.2, 0.25) is 11.7 Å².